The number of unbranched alkanes of at least 4 members (excludes halogenated alkanes) is 7. The average molecular weight is 361 g/mol. The van der Waals surface area contributed by atoms with Gasteiger partial charge in [0.1, 0.15) is 0 Å². The zero-order chi connectivity index (χ0) is 19.3. The van der Waals surface area contributed by atoms with Crippen LogP contribution in [0.25, 0.3) is 0 Å². The molecule has 0 N–H and O–H groups in total. The third-order valence-corrected chi connectivity index (χ3v) is 3.91. The molecule has 0 aliphatic carbocycles. The Morgan fingerprint density at radius 1 is 0.846 bits per heavy atom. The van der Waals surface area contributed by atoms with Crippen molar-refractivity contribution >= 4 is 6.29 Å². The predicted molar refractivity (Wildman–Crippen MR) is 109 cm³/mol. The van der Waals surface area contributed by atoms with Crippen LogP contribution in [-0.4, -0.2) is 17.3 Å². The van der Waals surface area contributed by atoms with Gasteiger partial charge in [0, 0.05) is 11.3 Å². The van der Waals surface area contributed by atoms with Crippen LogP contribution in [0.3, 0.4) is 0 Å². The molecule has 0 amide bonds. The molecule has 0 heterocycles. The number of rotatable bonds is 17. The van der Waals surface area contributed by atoms with Gasteiger partial charge in [0.05, 0.1) is 0 Å². The Hall–Kier alpha value is -1.97. The van der Waals surface area contributed by atoms with E-state index in [-0.39, 0.29) is 4.92 Å². The summed E-state index contributed by atoms with van der Waals surface area (Å²) in [6, 6.07) is -0.753. The number of hydrogen-bond acceptors (Lipinski definition) is 3. The highest BCUT2D eigenvalue weighted by Gasteiger charge is 2.09. The number of nitrogens with zero attached hydrogens (tertiary/aromatic N) is 1. The summed E-state index contributed by atoms with van der Waals surface area (Å²) in [6.07, 6.45) is 28.0. The van der Waals surface area contributed by atoms with E-state index in [4.69, 9.17) is 0 Å². The van der Waals surface area contributed by atoms with Gasteiger partial charge in [-0.1, -0.05) is 62.6 Å². The Bertz CT molecular complexity index is 464. The minimum Gasteiger partial charge on any atom is -0.291 e. The number of carbonyl (C=O) groups excluding carboxylic acids is 1. The first-order valence-corrected chi connectivity index (χ1v) is 9.84. The molecule has 0 bridgehead atoms. The standard InChI is InChI=1S/C22H34NO3/c1-2-3-4-5-6-10-13-16-19-22(23(25)26)20-17-14-11-8-7-9-12-15-18-21-24/h6,8,10-11,16-17,19-20,22H,2-5,7,9,12-15,18H2,1H3/b10-6-,11-8-,19-16+,20-17-. The molecule has 0 aliphatic heterocycles. The van der Waals surface area contributed by atoms with E-state index in [9.17, 15) is 14.9 Å². The minimum absolute atomic E-state index is 0.272. The molecule has 1 radical (unpaired) electrons. The van der Waals surface area contributed by atoms with Crippen LogP contribution in [0.4, 0.5) is 0 Å². The maximum Gasteiger partial charge on any atom is 0.249 e. The van der Waals surface area contributed by atoms with Gasteiger partial charge in [-0.25, -0.2) is 0 Å². The van der Waals surface area contributed by atoms with Crippen molar-refractivity contribution in [1.82, 2.24) is 0 Å². The Morgan fingerprint density at radius 3 is 1.92 bits per heavy atom. The summed E-state index contributed by atoms with van der Waals surface area (Å²) < 4.78 is 0. The van der Waals surface area contributed by atoms with Crippen LogP contribution in [0.15, 0.2) is 48.6 Å². The highest BCUT2D eigenvalue weighted by molar-refractivity contribution is 5.50. The van der Waals surface area contributed by atoms with Crippen LogP contribution in [0, 0.1) is 10.1 Å². The molecule has 4 nitrogen and oxygen atoms in total. The van der Waals surface area contributed by atoms with E-state index >= 15 is 0 Å². The van der Waals surface area contributed by atoms with Crippen LogP contribution in [0.5, 0.6) is 0 Å². The third kappa shape index (κ3) is 16.9. The zero-order valence-corrected chi connectivity index (χ0v) is 16.1. The van der Waals surface area contributed by atoms with Gasteiger partial charge in [-0.05, 0) is 57.1 Å². The Kier molecular flexibility index (Phi) is 17.9. The first kappa shape index (κ1) is 24.0. The van der Waals surface area contributed by atoms with Gasteiger partial charge >= 0.3 is 0 Å². The van der Waals surface area contributed by atoms with Crippen molar-refractivity contribution in [2.45, 2.75) is 83.6 Å². The van der Waals surface area contributed by atoms with Crippen LogP contribution >= 0.6 is 0 Å². The van der Waals surface area contributed by atoms with Gasteiger partial charge in [0.2, 0.25) is 6.04 Å². The van der Waals surface area contributed by atoms with Crippen molar-refractivity contribution in [2.24, 2.45) is 0 Å². The second-order valence-corrected chi connectivity index (χ2v) is 6.29. The van der Waals surface area contributed by atoms with Crippen molar-refractivity contribution in [2.75, 3.05) is 0 Å². The molecule has 0 fully saturated rings. The van der Waals surface area contributed by atoms with Crippen molar-refractivity contribution < 1.29 is 9.72 Å². The lowest BCUT2D eigenvalue weighted by Crippen LogP contribution is -2.13. The molecule has 1 unspecified atom stereocenters. The number of allylic oxidation sites excluding steroid dienone is 6. The maximum absolute atomic E-state index is 11.1. The van der Waals surface area contributed by atoms with Crippen molar-refractivity contribution in [3.05, 3.63) is 58.7 Å². The first-order chi connectivity index (χ1) is 12.7. The third-order valence-electron chi connectivity index (χ3n) is 3.91. The second kappa shape index (κ2) is 19.4. The fourth-order valence-corrected chi connectivity index (χ4v) is 2.37. The Morgan fingerprint density at radius 2 is 1.42 bits per heavy atom. The minimum atomic E-state index is -0.753. The van der Waals surface area contributed by atoms with Crippen molar-refractivity contribution in [3.63, 3.8) is 0 Å². The summed E-state index contributed by atoms with van der Waals surface area (Å²) in [6.45, 7) is 2.19. The van der Waals surface area contributed by atoms with E-state index in [1.165, 1.54) is 19.3 Å². The second-order valence-electron chi connectivity index (χ2n) is 6.29. The molecule has 145 valence electrons. The summed E-state index contributed by atoms with van der Waals surface area (Å²) in [4.78, 5) is 20.9. The van der Waals surface area contributed by atoms with Gasteiger partial charge in [-0.2, -0.15) is 0 Å². The van der Waals surface area contributed by atoms with Crippen molar-refractivity contribution in [1.29, 1.82) is 0 Å². The molecule has 0 rings (SSSR count). The lowest BCUT2D eigenvalue weighted by Gasteiger charge is -1.97. The van der Waals surface area contributed by atoms with Crippen LogP contribution < -0.4 is 0 Å². The smallest absolute Gasteiger partial charge is 0.249 e. The van der Waals surface area contributed by atoms with Gasteiger partial charge in [-0.15, -0.1) is 0 Å². The molecule has 0 saturated heterocycles. The highest BCUT2D eigenvalue weighted by Crippen LogP contribution is 2.04. The molecule has 0 aliphatic rings. The highest BCUT2D eigenvalue weighted by atomic mass is 16.6. The quantitative estimate of drug-likeness (QED) is 0.133. The SMILES string of the molecule is CCCCC/C=C\C/C=C/C(/C=C\C/C=C\CCCCC[C]=O)[N+](=O)[O-]. The fourth-order valence-electron chi connectivity index (χ4n) is 2.37. The van der Waals surface area contributed by atoms with Crippen LogP contribution in [-0.2, 0) is 4.79 Å². The molecule has 0 saturated carbocycles. The zero-order valence-electron chi connectivity index (χ0n) is 16.1. The van der Waals surface area contributed by atoms with Gasteiger partial charge < -0.3 is 0 Å². The largest absolute Gasteiger partial charge is 0.291 e. The van der Waals surface area contributed by atoms with E-state index in [1.54, 1.807) is 12.2 Å². The Balaban J connectivity index is 3.96. The first-order valence-electron chi connectivity index (χ1n) is 9.84. The van der Waals surface area contributed by atoms with Gasteiger partial charge in [-0.3, -0.25) is 14.9 Å². The fraction of sp³-hybridized carbons (Fsp3) is 0.591. The average Bonchev–Trinajstić information content (AvgIpc) is 2.63. The summed E-state index contributed by atoms with van der Waals surface area (Å²) >= 11 is 0. The van der Waals surface area contributed by atoms with E-state index in [1.807, 2.05) is 24.5 Å². The summed E-state index contributed by atoms with van der Waals surface area (Å²) in [5.41, 5.74) is 0. The normalized spacial score (nSPS) is 13.4. The summed E-state index contributed by atoms with van der Waals surface area (Å²) in [5, 5.41) is 11.1. The van der Waals surface area contributed by atoms with E-state index in [2.05, 4.69) is 25.2 Å². The molecule has 0 aromatic carbocycles. The van der Waals surface area contributed by atoms with E-state index in [0.717, 1.165) is 38.5 Å². The molecule has 26 heavy (non-hydrogen) atoms. The van der Waals surface area contributed by atoms with Gasteiger partial charge in [0.15, 0.2) is 6.29 Å². The van der Waals surface area contributed by atoms with Crippen LogP contribution in [0.1, 0.15) is 77.6 Å². The monoisotopic (exact) mass is 360 g/mol. The number of hydrogen-bond donors (Lipinski definition) is 0. The van der Waals surface area contributed by atoms with E-state index < -0.39 is 6.04 Å². The molecule has 4 heteroatoms. The lowest BCUT2D eigenvalue weighted by atomic mass is 10.1. The van der Waals surface area contributed by atoms with Crippen molar-refractivity contribution in [3.8, 4) is 0 Å². The summed E-state index contributed by atoms with van der Waals surface area (Å²) in [7, 11) is 0. The molecule has 0 aromatic heterocycles. The summed E-state index contributed by atoms with van der Waals surface area (Å²) in [5.74, 6) is 0. The lowest BCUT2D eigenvalue weighted by molar-refractivity contribution is -0.496. The topological polar surface area (TPSA) is 60.2 Å². The molecule has 1 atom stereocenters. The van der Waals surface area contributed by atoms with Gasteiger partial charge in [0.25, 0.3) is 0 Å². The molecule has 0 aromatic rings. The predicted octanol–water partition coefficient (Wildman–Crippen LogP) is 6.28. The molecular weight excluding hydrogens is 326 g/mol. The molecular formula is C22H34NO3. The maximum atomic E-state index is 11.1. The Labute approximate surface area is 158 Å². The molecule has 0 spiro atoms. The van der Waals surface area contributed by atoms with Crippen LogP contribution in [0.2, 0.25) is 0 Å². The number of nitro groups is 1. The van der Waals surface area contributed by atoms with E-state index in [0.29, 0.717) is 12.8 Å².